The van der Waals surface area contributed by atoms with Gasteiger partial charge in [-0.1, -0.05) is 44.5 Å². The minimum Gasteiger partial charge on any atom is -0.508 e. The van der Waals surface area contributed by atoms with E-state index in [0.717, 1.165) is 0 Å². The van der Waals surface area contributed by atoms with Crippen molar-refractivity contribution in [2.75, 3.05) is 13.1 Å². The van der Waals surface area contributed by atoms with E-state index in [1.165, 1.54) is 31.2 Å². The third-order valence-corrected chi connectivity index (χ3v) is 9.05. The van der Waals surface area contributed by atoms with Crippen molar-refractivity contribution in [1.29, 1.82) is 0 Å². The molecule has 17 N–H and O–H groups in total. The third-order valence-electron chi connectivity index (χ3n) is 9.05. The molecule has 0 aliphatic carbocycles. The number of benzene rings is 2. The van der Waals surface area contributed by atoms with E-state index >= 15 is 0 Å². The summed E-state index contributed by atoms with van der Waals surface area (Å²) in [4.78, 5) is 87.9. The summed E-state index contributed by atoms with van der Waals surface area (Å²) in [5, 5.41) is 33.0. The summed E-state index contributed by atoms with van der Waals surface area (Å²) in [5.41, 5.74) is 28.4. The maximum absolute atomic E-state index is 14.2. The highest BCUT2D eigenvalue weighted by atomic mass is 16.3. The van der Waals surface area contributed by atoms with Gasteiger partial charge in [0.05, 0.1) is 0 Å². The minimum atomic E-state index is -1.36. The van der Waals surface area contributed by atoms with Crippen LogP contribution in [0.15, 0.2) is 58.5 Å². The van der Waals surface area contributed by atoms with Gasteiger partial charge in [0.25, 0.3) is 0 Å². The number of amides is 6. The molecule has 0 heterocycles. The second kappa shape index (κ2) is 24.1. The van der Waals surface area contributed by atoms with Crippen LogP contribution in [0.2, 0.25) is 0 Å². The molecule has 0 aliphatic rings. The van der Waals surface area contributed by atoms with E-state index in [2.05, 4.69) is 36.6 Å². The summed E-state index contributed by atoms with van der Waals surface area (Å²) < 4.78 is 0. The molecule has 2 rings (SSSR count). The van der Waals surface area contributed by atoms with Crippen molar-refractivity contribution in [3.05, 3.63) is 59.7 Å². The number of phenols is 2. The molecule has 0 saturated heterocycles. The summed E-state index contributed by atoms with van der Waals surface area (Å²) in [6, 6.07) is 5.72. The van der Waals surface area contributed by atoms with Crippen LogP contribution in [0.3, 0.4) is 0 Å². The highest BCUT2D eigenvalue weighted by Gasteiger charge is 2.33. The summed E-state index contributed by atoms with van der Waals surface area (Å²) in [5.74, 6) is -5.00. The van der Waals surface area contributed by atoms with Gasteiger partial charge < -0.3 is 65.5 Å². The van der Waals surface area contributed by atoms with Crippen LogP contribution in [0.5, 0.6) is 11.5 Å². The monoisotopic (exact) mass is 810 g/mol. The molecule has 58 heavy (non-hydrogen) atoms. The molecule has 0 aromatic heterocycles. The van der Waals surface area contributed by atoms with Crippen molar-refractivity contribution >= 4 is 47.4 Å². The fraction of sp³-hybridized carbons (Fsp3) is 0.474. The number of aromatic hydroxyl groups is 2. The first kappa shape index (κ1) is 47.6. The lowest BCUT2D eigenvalue weighted by Crippen LogP contribution is -2.60. The Hall–Kier alpha value is -6.60. The number of aliphatic imine (C=N–C) groups is 2. The molecule has 20 heteroatoms. The van der Waals surface area contributed by atoms with Crippen LogP contribution in [-0.2, 0) is 41.6 Å². The van der Waals surface area contributed by atoms with E-state index in [-0.39, 0.29) is 74.5 Å². The van der Waals surface area contributed by atoms with Gasteiger partial charge >= 0.3 is 0 Å². The van der Waals surface area contributed by atoms with E-state index < -0.39 is 65.7 Å². The van der Waals surface area contributed by atoms with Crippen LogP contribution in [0.25, 0.3) is 0 Å². The van der Waals surface area contributed by atoms with Gasteiger partial charge in [-0.2, -0.15) is 0 Å². The fourth-order valence-electron chi connectivity index (χ4n) is 5.74. The maximum Gasteiger partial charge on any atom is 0.243 e. The number of nitrogens with zero attached hydrogens (tertiary/aromatic N) is 2. The first-order valence-electron chi connectivity index (χ1n) is 18.8. The highest BCUT2D eigenvalue weighted by Crippen LogP contribution is 2.15. The number of phenolic OH excluding ortho intramolecular Hbond substituents is 2. The Morgan fingerprint density at radius 1 is 0.586 bits per heavy atom. The topological polar surface area (TPSA) is 358 Å². The molecule has 318 valence electrons. The second-order valence-electron chi connectivity index (χ2n) is 13.8. The first-order valence-corrected chi connectivity index (χ1v) is 18.8. The third kappa shape index (κ3) is 17.5. The van der Waals surface area contributed by atoms with Crippen molar-refractivity contribution in [3.8, 4) is 11.5 Å². The Morgan fingerprint density at radius 2 is 0.948 bits per heavy atom. The van der Waals surface area contributed by atoms with Gasteiger partial charge in [-0.25, -0.2) is 0 Å². The van der Waals surface area contributed by atoms with Crippen LogP contribution >= 0.6 is 0 Å². The fourth-order valence-corrected chi connectivity index (χ4v) is 5.74. The summed E-state index contributed by atoms with van der Waals surface area (Å²) in [6.07, 6.45) is 0.954. The lowest BCUT2D eigenvalue weighted by atomic mass is 9.97. The average molecular weight is 811 g/mol. The van der Waals surface area contributed by atoms with Crippen LogP contribution in [0, 0.1) is 5.92 Å². The molecule has 0 aliphatic heterocycles. The molecule has 2 aromatic rings. The van der Waals surface area contributed by atoms with Crippen LogP contribution in [-0.4, -0.2) is 101 Å². The van der Waals surface area contributed by atoms with Crippen LogP contribution in [0.4, 0.5) is 0 Å². The largest absolute Gasteiger partial charge is 0.508 e. The Morgan fingerprint density at radius 3 is 1.31 bits per heavy atom. The van der Waals surface area contributed by atoms with E-state index in [1.807, 2.05) is 6.92 Å². The standard InChI is InChI=1S/C38H58N12O8/c1-4-21(2)31(32(39)54)50-34(56)28(8-6-18-45-38(42)43)47-35(57)29(19-23-9-13-25(52)14-10-23)49-36(58)30(20-24-11-15-26(53)16-12-24)48-33(55)27(46-22(3)51)7-5-17-44-37(40)41/h9-16,21,27-31,52-53H,4-8,17-20H2,1-3H3,(H2,39,54)(H,46,51)(H,47,57)(H,48,55)(H,49,58)(H,50,56)(H4,40,41,44)(H4,42,43,45)/t21-,27-,28-,29-,30-,31-/m0/s1. The van der Waals surface area contributed by atoms with Gasteiger partial charge in [0.15, 0.2) is 11.9 Å². The molecule has 6 amide bonds. The summed E-state index contributed by atoms with van der Waals surface area (Å²) in [6.45, 7) is 5.09. The van der Waals surface area contributed by atoms with E-state index in [1.54, 1.807) is 31.2 Å². The Labute approximate surface area is 337 Å². The van der Waals surface area contributed by atoms with Gasteiger partial charge in [-0.3, -0.25) is 38.8 Å². The van der Waals surface area contributed by atoms with Gasteiger partial charge in [0, 0.05) is 32.9 Å². The zero-order chi connectivity index (χ0) is 43.4. The number of carbonyl (C=O) groups is 6. The van der Waals surface area contributed by atoms with Gasteiger partial charge in [0.2, 0.25) is 35.4 Å². The number of hydrogen-bond donors (Lipinski definition) is 12. The lowest BCUT2D eigenvalue weighted by molar-refractivity contribution is -0.135. The number of nitrogens with one attached hydrogen (secondary N) is 5. The summed E-state index contributed by atoms with van der Waals surface area (Å²) >= 11 is 0. The van der Waals surface area contributed by atoms with Gasteiger partial charge in [-0.15, -0.1) is 0 Å². The quantitative estimate of drug-likeness (QED) is 0.0310. The Balaban J connectivity index is 2.51. The number of hydrogen-bond acceptors (Lipinski definition) is 10. The number of carbonyl (C=O) groups excluding carboxylic acids is 6. The first-order chi connectivity index (χ1) is 27.4. The molecule has 0 radical (unpaired) electrons. The average Bonchev–Trinajstić information content (AvgIpc) is 3.16. The zero-order valence-electron chi connectivity index (χ0n) is 33.1. The predicted molar refractivity (Wildman–Crippen MR) is 217 cm³/mol. The summed E-state index contributed by atoms with van der Waals surface area (Å²) in [7, 11) is 0. The molecule has 2 aromatic carbocycles. The predicted octanol–water partition coefficient (Wildman–Crippen LogP) is -2.03. The van der Waals surface area contributed by atoms with Crippen molar-refractivity contribution < 1.29 is 39.0 Å². The molecule has 0 spiro atoms. The van der Waals surface area contributed by atoms with Crippen LogP contribution in [0.1, 0.15) is 64.0 Å². The molecule has 20 nitrogen and oxygen atoms in total. The maximum atomic E-state index is 14.2. The number of guanidine groups is 2. The number of primary amides is 1. The van der Waals surface area contributed by atoms with Crippen molar-refractivity contribution in [2.45, 2.75) is 95.9 Å². The Bertz CT molecular complexity index is 1750. The lowest BCUT2D eigenvalue weighted by Gasteiger charge is -2.28. The second-order valence-corrected chi connectivity index (χ2v) is 13.8. The Kier molecular flexibility index (Phi) is 19.8. The van der Waals surface area contributed by atoms with Gasteiger partial charge in [-0.05, 0) is 67.0 Å². The highest BCUT2D eigenvalue weighted by molar-refractivity contribution is 5.96. The molecule has 0 saturated carbocycles. The SMILES string of the molecule is CC[C@H](C)[C@H](NC(=O)[C@H](CCCN=C(N)N)NC(=O)[C@H](Cc1ccc(O)cc1)NC(=O)[C@H](Cc1ccc(O)cc1)NC(=O)[C@H](CCCN=C(N)N)NC(C)=O)C(N)=O. The molecule has 0 bridgehead atoms. The molecular formula is C38H58N12O8. The van der Waals surface area contributed by atoms with E-state index in [0.29, 0.717) is 24.0 Å². The normalized spacial score (nSPS) is 13.8. The molecule has 6 atom stereocenters. The smallest absolute Gasteiger partial charge is 0.243 e. The van der Waals surface area contributed by atoms with Crippen molar-refractivity contribution in [2.24, 2.45) is 44.6 Å². The van der Waals surface area contributed by atoms with Crippen LogP contribution < -0.4 is 55.3 Å². The van der Waals surface area contributed by atoms with Gasteiger partial charge in [0.1, 0.15) is 41.7 Å². The number of nitrogens with two attached hydrogens (primary N) is 5. The van der Waals surface area contributed by atoms with Crippen molar-refractivity contribution in [3.63, 3.8) is 0 Å². The molecule has 0 unspecified atom stereocenters. The van der Waals surface area contributed by atoms with Crippen molar-refractivity contribution in [1.82, 2.24) is 26.6 Å². The molecular weight excluding hydrogens is 752 g/mol. The number of rotatable bonds is 24. The van der Waals surface area contributed by atoms with E-state index in [9.17, 15) is 39.0 Å². The zero-order valence-corrected chi connectivity index (χ0v) is 33.1. The van der Waals surface area contributed by atoms with E-state index in [4.69, 9.17) is 28.7 Å². The minimum absolute atomic E-state index is 0.0213. The molecule has 0 fully saturated rings.